The summed E-state index contributed by atoms with van der Waals surface area (Å²) in [5.41, 5.74) is -0.581. The first-order chi connectivity index (χ1) is 13.5. The molecule has 1 amide bonds. The Labute approximate surface area is 165 Å². The number of nitrogens with zero attached hydrogens (tertiary/aromatic N) is 4. The average molecular weight is 412 g/mol. The monoisotopic (exact) mass is 412 g/mol. The highest BCUT2D eigenvalue weighted by atomic mass is 19.3. The Balaban J connectivity index is 1.86. The Kier molecular flexibility index (Phi) is 5.33. The van der Waals surface area contributed by atoms with Crippen LogP contribution in [-0.4, -0.2) is 68.9 Å². The highest BCUT2D eigenvalue weighted by Gasteiger charge is 2.49. The van der Waals surface area contributed by atoms with Gasteiger partial charge in [0, 0.05) is 13.0 Å². The zero-order valence-corrected chi connectivity index (χ0v) is 16.5. The molecule has 0 unspecified atom stereocenters. The number of hydrogen-bond acceptors (Lipinski definition) is 8. The number of aromatic hydroxyl groups is 1. The highest BCUT2D eigenvalue weighted by molar-refractivity contribution is 5.90. The van der Waals surface area contributed by atoms with Crippen molar-refractivity contribution in [3.05, 3.63) is 12.5 Å². The Morgan fingerprint density at radius 1 is 1.31 bits per heavy atom. The number of alkyl halides is 2. The predicted molar refractivity (Wildman–Crippen MR) is 97.3 cm³/mol. The minimum atomic E-state index is -3.38. The number of ether oxygens (including phenoxy) is 3. The van der Waals surface area contributed by atoms with Crippen LogP contribution in [0, 0.1) is 0 Å². The molecule has 1 atom stereocenters. The molecule has 9 nitrogen and oxygen atoms in total. The molecular formula is C18H22F2N4O5. The summed E-state index contributed by atoms with van der Waals surface area (Å²) < 4.78 is 45.4. The van der Waals surface area contributed by atoms with E-state index in [2.05, 4.69) is 15.0 Å². The molecule has 3 rings (SSSR count). The van der Waals surface area contributed by atoms with Crippen LogP contribution in [0.25, 0.3) is 10.9 Å². The molecule has 0 bridgehead atoms. The van der Waals surface area contributed by atoms with Crippen molar-refractivity contribution in [2.75, 3.05) is 20.2 Å². The maximum Gasteiger partial charge on any atom is 0.410 e. The summed E-state index contributed by atoms with van der Waals surface area (Å²) in [7, 11) is 1.30. The van der Waals surface area contributed by atoms with Gasteiger partial charge in [0.15, 0.2) is 11.9 Å². The van der Waals surface area contributed by atoms with Crippen LogP contribution < -0.4 is 9.47 Å². The van der Waals surface area contributed by atoms with Gasteiger partial charge in [-0.2, -0.15) is 0 Å². The van der Waals surface area contributed by atoms with Gasteiger partial charge in [-0.15, -0.1) is 0 Å². The number of piperidine rings is 1. The van der Waals surface area contributed by atoms with Gasteiger partial charge in [0.25, 0.3) is 5.88 Å². The van der Waals surface area contributed by atoms with Gasteiger partial charge in [0.05, 0.1) is 25.4 Å². The van der Waals surface area contributed by atoms with Crippen molar-refractivity contribution < 1.29 is 32.9 Å². The molecule has 2 aromatic rings. The Hall–Kier alpha value is -2.98. The SMILES string of the molecule is COc1ncc2ncnc(O)c2c1O[C@@H]1CCN(C(=O)OC(C)(C)C)CC1(F)F. The Morgan fingerprint density at radius 2 is 2.03 bits per heavy atom. The second-order valence-electron chi connectivity index (χ2n) is 7.61. The first-order valence-corrected chi connectivity index (χ1v) is 8.91. The molecule has 0 aromatic carbocycles. The third-order valence-electron chi connectivity index (χ3n) is 4.22. The smallest absolute Gasteiger partial charge is 0.410 e. The zero-order chi connectivity index (χ0) is 21.4. The van der Waals surface area contributed by atoms with E-state index in [4.69, 9.17) is 14.2 Å². The van der Waals surface area contributed by atoms with Crippen molar-refractivity contribution >= 4 is 17.0 Å². The lowest BCUT2D eigenvalue weighted by Crippen LogP contribution is -2.56. The quantitative estimate of drug-likeness (QED) is 0.820. The first kappa shape index (κ1) is 20.7. The van der Waals surface area contributed by atoms with Crippen molar-refractivity contribution in [2.24, 2.45) is 0 Å². The largest absolute Gasteiger partial charge is 0.493 e. The fourth-order valence-electron chi connectivity index (χ4n) is 2.93. The van der Waals surface area contributed by atoms with Gasteiger partial charge >= 0.3 is 12.0 Å². The van der Waals surface area contributed by atoms with Gasteiger partial charge in [-0.3, -0.25) is 0 Å². The predicted octanol–water partition coefficient (Wildman–Crippen LogP) is 2.76. The van der Waals surface area contributed by atoms with Crippen molar-refractivity contribution in [3.63, 3.8) is 0 Å². The fourth-order valence-corrected chi connectivity index (χ4v) is 2.93. The van der Waals surface area contributed by atoms with Crippen LogP contribution in [0.5, 0.6) is 17.5 Å². The number of carbonyl (C=O) groups excluding carboxylic acids is 1. The molecular weight excluding hydrogens is 390 g/mol. The van der Waals surface area contributed by atoms with Crippen molar-refractivity contribution in [1.29, 1.82) is 0 Å². The number of likely N-dealkylation sites (tertiary alicyclic amines) is 1. The summed E-state index contributed by atoms with van der Waals surface area (Å²) >= 11 is 0. The second kappa shape index (κ2) is 7.45. The lowest BCUT2D eigenvalue weighted by molar-refractivity contribution is -0.137. The summed E-state index contributed by atoms with van der Waals surface area (Å²) in [4.78, 5) is 24.7. The first-order valence-electron chi connectivity index (χ1n) is 8.91. The molecule has 0 spiro atoms. The maximum atomic E-state index is 14.8. The van der Waals surface area contributed by atoms with Crippen molar-refractivity contribution in [3.8, 4) is 17.5 Å². The van der Waals surface area contributed by atoms with Gasteiger partial charge in [-0.1, -0.05) is 0 Å². The molecule has 158 valence electrons. The summed E-state index contributed by atoms with van der Waals surface area (Å²) in [5, 5.41) is 10.1. The normalized spacial score (nSPS) is 19.1. The molecule has 1 aliphatic heterocycles. The number of pyridine rings is 1. The number of amides is 1. The van der Waals surface area contributed by atoms with Gasteiger partial charge in [0.2, 0.25) is 5.88 Å². The molecule has 3 heterocycles. The number of rotatable bonds is 3. The highest BCUT2D eigenvalue weighted by Crippen LogP contribution is 2.40. The Bertz CT molecular complexity index is 919. The van der Waals surface area contributed by atoms with E-state index in [1.165, 1.54) is 13.3 Å². The lowest BCUT2D eigenvalue weighted by Gasteiger charge is -2.38. The van der Waals surface area contributed by atoms with Crippen LogP contribution in [0.2, 0.25) is 0 Å². The third kappa shape index (κ3) is 4.38. The van der Waals surface area contributed by atoms with Crippen LogP contribution in [0.3, 0.4) is 0 Å². The number of fused-ring (bicyclic) bond motifs is 1. The van der Waals surface area contributed by atoms with Crippen LogP contribution in [0.1, 0.15) is 27.2 Å². The molecule has 1 N–H and O–H groups in total. The molecule has 2 aromatic heterocycles. The number of halogens is 2. The number of aromatic nitrogens is 3. The molecule has 1 aliphatic rings. The Morgan fingerprint density at radius 3 is 2.66 bits per heavy atom. The maximum absolute atomic E-state index is 14.8. The molecule has 11 heteroatoms. The standard InChI is InChI=1S/C18H22F2N4O5/c1-17(2,3)29-16(26)24-6-5-11(18(19,20)8-24)28-13-12-10(7-21-15(13)27-4)22-9-23-14(12)25/h7,9,11H,5-6,8H2,1-4H3,(H,22,23,25)/t11-/m1/s1. The summed E-state index contributed by atoms with van der Waals surface area (Å²) in [6, 6.07) is 0. The third-order valence-corrected chi connectivity index (χ3v) is 4.22. The van der Waals surface area contributed by atoms with Crippen LogP contribution in [0.15, 0.2) is 12.5 Å². The van der Waals surface area contributed by atoms with Crippen LogP contribution in [-0.2, 0) is 4.74 Å². The number of hydrogen-bond donors (Lipinski definition) is 1. The van der Waals surface area contributed by atoms with Crippen LogP contribution >= 0.6 is 0 Å². The van der Waals surface area contributed by atoms with Crippen molar-refractivity contribution in [1.82, 2.24) is 19.9 Å². The van der Waals surface area contributed by atoms with Crippen molar-refractivity contribution in [2.45, 2.75) is 44.8 Å². The minimum Gasteiger partial charge on any atom is -0.493 e. The number of carbonyl (C=O) groups is 1. The van der Waals surface area contributed by atoms with E-state index in [0.717, 1.165) is 11.2 Å². The molecule has 29 heavy (non-hydrogen) atoms. The zero-order valence-electron chi connectivity index (χ0n) is 16.5. The molecule has 1 fully saturated rings. The van der Waals surface area contributed by atoms with E-state index in [9.17, 15) is 18.7 Å². The van der Waals surface area contributed by atoms with E-state index in [1.54, 1.807) is 20.8 Å². The van der Waals surface area contributed by atoms with E-state index in [1.807, 2.05) is 0 Å². The average Bonchev–Trinajstić information content (AvgIpc) is 2.61. The van der Waals surface area contributed by atoms with Gasteiger partial charge in [-0.05, 0) is 20.8 Å². The fraction of sp³-hybridized carbons (Fsp3) is 0.556. The minimum absolute atomic E-state index is 0.0121. The molecule has 1 saturated heterocycles. The van der Waals surface area contributed by atoms with E-state index in [0.29, 0.717) is 0 Å². The summed E-state index contributed by atoms with van der Waals surface area (Å²) in [5.74, 6) is -4.10. The van der Waals surface area contributed by atoms with Crippen LogP contribution in [0.4, 0.5) is 13.6 Å². The van der Waals surface area contributed by atoms with E-state index in [-0.39, 0.29) is 35.5 Å². The lowest BCUT2D eigenvalue weighted by atomic mass is 10.0. The second-order valence-corrected chi connectivity index (χ2v) is 7.61. The van der Waals surface area contributed by atoms with E-state index >= 15 is 0 Å². The van der Waals surface area contributed by atoms with E-state index < -0.39 is 36.1 Å². The topological polar surface area (TPSA) is 107 Å². The molecule has 0 aliphatic carbocycles. The van der Waals surface area contributed by atoms with Gasteiger partial charge in [-0.25, -0.2) is 28.5 Å². The van der Waals surface area contributed by atoms with Gasteiger partial charge < -0.3 is 24.2 Å². The number of methoxy groups -OCH3 is 1. The van der Waals surface area contributed by atoms with Gasteiger partial charge in [0.1, 0.15) is 17.3 Å². The summed E-state index contributed by atoms with van der Waals surface area (Å²) in [6.45, 7) is 4.13. The molecule has 0 radical (unpaired) electrons. The summed E-state index contributed by atoms with van der Waals surface area (Å²) in [6.07, 6.45) is -0.136. The molecule has 0 saturated carbocycles.